The van der Waals surface area contributed by atoms with E-state index >= 15 is 0 Å². The van der Waals surface area contributed by atoms with Crippen LogP contribution in [0.25, 0.3) is 0 Å². The highest BCUT2D eigenvalue weighted by Gasteiger charge is 2.14. The van der Waals surface area contributed by atoms with E-state index in [2.05, 4.69) is 32.2 Å². The third-order valence-electron chi connectivity index (χ3n) is 4.15. The van der Waals surface area contributed by atoms with Crippen molar-refractivity contribution in [1.29, 1.82) is 0 Å². The first-order chi connectivity index (χ1) is 14.0. The number of aromatic nitrogens is 3. The molecule has 2 aromatic carbocycles. The maximum atomic E-state index is 11.5. The first-order valence-corrected chi connectivity index (χ1v) is 9.41. The number of hydrogen-bond donors (Lipinski definition) is 2. The molecule has 0 radical (unpaired) electrons. The Morgan fingerprint density at radius 3 is 2.76 bits per heavy atom. The van der Waals surface area contributed by atoms with Crippen LogP contribution in [0.5, 0.6) is 0 Å². The first-order valence-electron chi connectivity index (χ1n) is 9.03. The van der Waals surface area contributed by atoms with E-state index in [9.17, 15) is 4.79 Å². The number of benzene rings is 2. The summed E-state index contributed by atoms with van der Waals surface area (Å²) in [6.45, 7) is 8.14. The largest absolute Gasteiger partial charge is 0.324 e. The molecule has 2 N–H and O–H groups in total. The number of nitrogens with one attached hydrogen (secondary N) is 2. The second kappa shape index (κ2) is 9.16. The van der Waals surface area contributed by atoms with Gasteiger partial charge in [0.15, 0.2) is 0 Å². The quantitative estimate of drug-likeness (QED) is 0.543. The molecule has 0 aliphatic rings. The van der Waals surface area contributed by atoms with E-state index in [-0.39, 0.29) is 5.91 Å². The molecule has 148 valence electrons. The van der Waals surface area contributed by atoms with Gasteiger partial charge in [0.05, 0.1) is 0 Å². The molecule has 0 saturated carbocycles. The Bertz CT molecular complexity index is 1040. The summed E-state index contributed by atoms with van der Waals surface area (Å²) in [7, 11) is 0. The number of carbonyl (C=O) groups excluding carboxylic acids is 1. The third-order valence-corrected chi connectivity index (χ3v) is 4.39. The molecule has 0 unspecified atom stereocenters. The van der Waals surface area contributed by atoms with E-state index in [1.165, 1.54) is 12.4 Å². The molecule has 7 nitrogen and oxygen atoms in total. The minimum Gasteiger partial charge on any atom is -0.324 e. The lowest BCUT2D eigenvalue weighted by molar-refractivity contribution is -0.111. The Hall–Kier alpha value is -3.45. The van der Waals surface area contributed by atoms with Crippen molar-refractivity contribution in [2.75, 3.05) is 22.1 Å². The van der Waals surface area contributed by atoms with Crippen LogP contribution in [0, 0.1) is 6.92 Å². The van der Waals surface area contributed by atoms with Crippen LogP contribution in [0.4, 0.5) is 29.0 Å². The van der Waals surface area contributed by atoms with Crippen LogP contribution >= 0.6 is 11.6 Å². The number of halogens is 1. The molecule has 0 bridgehead atoms. The maximum absolute atomic E-state index is 11.5. The number of rotatable bonds is 7. The summed E-state index contributed by atoms with van der Waals surface area (Å²) in [5, 5.41) is 6.51. The average molecular weight is 409 g/mol. The van der Waals surface area contributed by atoms with E-state index in [0.717, 1.165) is 16.9 Å². The van der Waals surface area contributed by atoms with Crippen LogP contribution in [0.2, 0.25) is 5.02 Å². The van der Waals surface area contributed by atoms with Crippen LogP contribution in [0.1, 0.15) is 12.5 Å². The Labute approximate surface area is 174 Å². The number of carbonyl (C=O) groups is 1. The monoisotopic (exact) mass is 408 g/mol. The topological polar surface area (TPSA) is 83.0 Å². The molecular weight excluding hydrogens is 388 g/mol. The highest BCUT2D eigenvalue weighted by atomic mass is 35.5. The van der Waals surface area contributed by atoms with Crippen LogP contribution in [0.15, 0.2) is 61.4 Å². The van der Waals surface area contributed by atoms with Gasteiger partial charge in [0.2, 0.25) is 17.8 Å². The van der Waals surface area contributed by atoms with Crippen molar-refractivity contribution in [3.8, 4) is 0 Å². The van der Waals surface area contributed by atoms with E-state index in [4.69, 9.17) is 11.6 Å². The van der Waals surface area contributed by atoms with Crippen LogP contribution in [0.3, 0.4) is 0 Å². The standard InChI is InChI=1S/C21H21ClN6O/c1-4-19(29)25-16-7-6-8-17(12-16)26-20-23-13-24-21(27-20)28(5-2)18-11-15(22)10-9-14(18)3/h4,6-13H,1,5H2,2-3H3,(H,25,29)(H,23,24,26,27). The smallest absolute Gasteiger partial charge is 0.247 e. The molecule has 1 aromatic heterocycles. The fraction of sp³-hybridized carbons (Fsp3) is 0.143. The lowest BCUT2D eigenvalue weighted by Crippen LogP contribution is -2.20. The predicted octanol–water partition coefficient (Wildman–Crippen LogP) is 4.86. The van der Waals surface area contributed by atoms with E-state index in [1.54, 1.807) is 12.1 Å². The van der Waals surface area contributed by atoms with Gasteiger partial charge in [0.1, 0.15) is 6.33 Å². The molecule has 0 saturated heterocycles. The predicted molar refractivity (Wildman–Crippen MR) is 117 cm³/mol. The number of amides is 1. The third kappa shape index (κ3) is 5.08. The van der Waals surface area contributed by atoms with Gasteiger partial charge in [0.25, 0.3) is 0 Å². The molecule has 3 aromatic rings. The van der Waals surface area contributed by atoms with Crippen molar-refractivity contribution in [3.63, 3.8) is 0 Å². The summed E-state index contributed by atoms with van der Waals surface area (Å²) in [5.74, 6) is 0.617. The number of anilines is 5. The van der Waals surface area contributed by atoms with Gasteiger partial charge in [-0.1, -0.05) is 30.3 Å². The zero-order valence-corrected chi connectivity index (χ0v) is 16.9. The summed E-state index contributed by atoms with van der Waals surface area (Å²) in [6.07, 6.45) is 2.67. The summed E-state index contributed by atoms with van der Waals surface area (Å²) >= 11 is 6.18. The Morgan fingerprint density at radius 1 is 1.21 bits per heavy atom. The molecule has 0 aliphatic heterocycles. The highest BCUT2D eigenvalue weighted by molar-refractivity contribution is 6.30. The van der Waals surface area contributed by atoms with Gasteiger partial charge in [0, 0.05) is 28.6 Å². The highest BCUT2D eigenvalue weighted by Crippen LogP contribution is 2.29. The minimum absolute atomic E-state index is 0.278. The lowest BCUT2D eigenvalue weighted by atomic mass is 10.2. The van der Waals surface area contributed by atoms with E-state index in [1.807, 2.05) is 49.1 Å². The van der Waals surface area contributed by atoms with Crippen LogP contribution < -0.4 is 15.5 Å². The van der Waals surface area contributed by atoms with Crippen molar-refractivity contribution in [2.45, 2.75) is 13.8 Å². The zero-order valence-electron chi connectivity index (χ0n) is 16.2. The van der Waals surface area contributed by atoms with Gasteiger partial charge < -0.3 is 15.5 Å². The molecule has 3 rings (SSSR count). The van der Waals surface area contributed by atoms with Crippen molar-refractivity contribution >= 4 is 46.5 Å². The summed E-state index contributed by atoms with van der Waals surface area (Å²) in [4.78, 5) is 26.5. The van der Waals surface area contributed by atoms with Gasteiger partial charge in [-0.15, -0.1) is 0 Å². The van der Waals surface area contributed by atoms with Gasteiger partial charge in [-0.3, -0.25) is 4.79 Å². The van der Waals surface area contributed by atoms with Gasteiger partial charge in [-0.25, -0.2) is 9.97 Å². The van der Waals surface area contributed by atoms with Crippen molar-refractivity contribution in [3.05, 3.63) is 72.0 Å². The van der Waals surface area contributed by atoms with E-state index in [0.29, 0.717) is 29.2 Å². The Morgan fingerprint density at radius 2 is 2.00 bits per heavy atom. The van der Waals surface area contributed by atoms with Crippen molar-refractivity contribution in [2.24, 2.45) is 0 Å². The van der Waals surface area contributed by atoms with Crippen molar-refractivity contribution < 1.29 is 4.79 Å². The summed E-state index contributed by atoms with van der Waals surface area (Å²) in [5.41, 5.74) is 3.37. The number of hydrogen-bond acceptors (Lipinski definition) is 6. The zero-order chi connectivity index (χ0) is 20.8. The number of nitrogens with zero attached hydrogens (tertiary/aromatic N) is 4. The van der Waals surface area contributed by atoms with Crippen LogP contribution in [-0.4, -0.2) is 27.4 Å². The first kappa shape index (κ1) is 20.3. The van der Waals surface area contributed by atoms with Gasteiger partial charge >= 0.3 is 0 Å². The SMILES string of the molecule is C=CC(=O)Nc1cccc(Nc2ncnc(N(CC)c3cc(Cl)ccc3C)n2)c1. The average Bonchev–Trinajstić information content (AvgIpc) is 2.71. The molecule has 1 amide bonds. The minimum atomic E-state index is -0.278. The van der Waals surface area contributed by atoms with Crippen LogP contribution in [-0.2, 0) is 4.79 Å². The van der Waals surface area contributed by atoms with Crippen molar-refractivity contribution in [1.82, 2.24) is 15.0 Å². The second-order valence-electron chi connectivity index (χ2n) is 6.18. The molecule has 1 heterocycles. The fourth-order valence-electron chi connectivity index (χ4n) is 2.77. The Kier molecular flexibility index (Phi) is 6.41. The van der Waals surface area contributed by atoms with E-state index < -0.39 is 0 Å². The van der Waals surface area contributed by atoms with Gasteiger partial charge in [-0.05, 0) is 55.8 Å². The second-order valence-corrected chi connectivity index (χ2v) is 6.62. The number of aryl methyl sites for hydroxylation is 1. The maximum Gasteiger partial charge on any atom is 0.247 e. The molecule has 0 fully saturated rings. The molecular formula is C21H21ClN6O. The Balaban J connectivity index is 1.86. The lowest BCUT2D eigenvalue weighted by Gasteiger charge is -2.23. The fourth-order valence-corrected chi connectivity index (χ4v) is 2.93. The molecule has 8 heteroatoms. The molecule has 0 aliphatic carbocycles. The molecule has 0 spiro atoms. The molecule has 29 heavy (non-hydrogen) atoms. The summed E-state index contributed by atoms with van der Waals surface area (Å²) in [6, 6.07) is 12.9. The molecule has 0 atom stereocenters. The summed E-state index contributed by atoms with van der Waals surface area (Å²) < 4.78 is 0. The normalized spacial score (nSPS) is 10.3. The van der Waals surface area contributed by atoms with Gasteiger partial charge in [-0.2, -0.15) is 4.98 Å².